The predicted octanol–water partition coefficient (Wildman–Crippen LogP) is 10.3. The summed E-state index contributed by atoms with van der Waals surface area (Å²) in [6, 6.07) is 17.9. The van der Waals surface area contributed by atoms with Crippen molar-refractivity contribution in [1.82, 2.24) is 0 Å². The highest BCUT2D eigenvalue weighted by molar-refractivity contribution is 7.49. The van der Waals surface area contributed by atoms with Gasteiger partial charge in [0.15, 0.2) is 0 Å². The molecule has 0 fully saturated rings. The number of hydrogen-bond donors (Lipinski definition) is 3. The summed E-state index contributed by atoms with van der Waals surface area (Å²) in [5, 5.41) is 0. The molecule has 0 saturated carbocycles. The number of unbranched alkanes of at least 4 members (excludes halogenated alkanes) is 8. The first-order chi connectivity index (χ1) is 26.9. The zero-order chi connectivity index (χ0) is 41.6. The fourth-order valence-electron chi connectivity index (χ4n) is 4.13. The smallest absolute Gasteiger partial charge is 0.395 e. The van der Waals surface area contributed by atoms with Gasteiger partial charge in [0.2, 0.25) is 0 Å². The third kappa shape index (κ3) is 36.7. The minimum atomic E-state index is -4.64. The molecule has 0 aliphatic rings. The molecule has 0 unspecified atom stereocenters. The van der Waals surface area contributed by atoms with E-state index in [0.29, 0.717) is 57.7 Å². The fraction of sp³-hybridized carbons (Fsp3) is 0.684. The average molecular weight is 859 g/mol. The van der Waals surface area contributed by atoms with Gasteiger partial charge in [-0.3, -0.25) is 18.1 Å². The lowest BCUT2D eigenvalue weighted by Gasteiger charge is -2.19. The Bertz CT molecular complexity index is 1180. The summed E-state index contributed by atoms with van der Waals surface area (Å²) in [5.74, 6) is 0.925. The first kappa shape index (κ1) is 54.3. The van der Waals surface area contributed by atoms with Crippen LogP contribution in [0.2, 0.25) is 0 Å². The van der Waals surface area contributed by atoms with Crippen molar-refractivity contribution in [3.8, 4) is 11.5 Å². The molecule has 0 saturated heterocycles. The van der Waals surface area contributed by atoms with E-state index in [9.17, 15) is 9.13 Å². The molecule has 0 aliphatic carbocycles. The molecule has 0 heterocycles. The lowest BCUT2D eigenvalue weighted by Crippen LogP contribution is -2.12. The van der Waals surface area contributed by atoms with Crippen molar-refractivity contribution in [2.75, 3.05) is 66.1 Å². The van der Waals surface area contributed by atoms with Crippen LogP contribution in [-0.2, 0) is 46.0 Å². The minimum absolute atomic E-state index is 0.161. The molecule has 0 atom stereocenters. The van der Waals surface area contributed by atoms with Crippen LogP contribution in [0, 0.1) is 0 Å². The molecule has 0 spiro atoms. The molecule has 3 N–H and O–H groups in total. The Hall–Kier alpha value is -1.67. The maximum absolute atomic E-state index is 13.0. The average Bonchev–Trinajstić information content (AvgIpc) is 3.16. The SMILES string of the molecule is CCCCCCCCOP(=O)(Oc1ccccc1)Oc1ccccc1.CCCCOCCOP(=O)(OCCOCCCC)OCCOCCCC.O=P(O)(O)O. The van der Waals surface area contributed by atoms with E-state index in [1.165, 1.54) is 25.7 Å². The van der Waals surface area contributed by atoms with E-state index in [2.05, 4.69) is 27.7 Å². The molecular weight excluding hydrogens is 789 g/mol. The van der Waals surface area contributed by atoms with E-state index < -0.39 is 23.5 Å². The largest absolute Gasteiger partial charge is 0.587 e. The van der Waals surface area contributed by atoms with Gasteiger partial charge in [-0.15, -0.1) is 0 Å². The normalized spacial score (nSPS) is 11.6. The van der Waals surface area contributed by atoms with Gasteiger partial charge in [-0.1, -0.05) is 115 Å². The zero-order valence-electron chi connectivity index (χ0n) is 33.9. The number of benzene rings is 2. The van der Waals surface area contributed by atoms with Crippen LogP contribution < -0.4 is 9.05 Å². The van der Waals surface area contributed by atoms with Gasteiger partial charge in [-0.25, -0.2) is 13.7 Å². The number of para-hydroxylation sites is 2. The van der Waals surface area contributed by atoms with Crippen LogP contribution in [0.25, 0.3) is 0 Å². The van der Waals surface area contributed by atoms with Crippen molar-refractivity contribution < 1.29 is 69.7 Å². The Balaban J connectivity index is 0.000000963. The lowest BCUT2D eigenvalue weighted by atomic mass is 10.1. The summed E-state index contributed by atoms with van der Waals surface area (Å²) >= 11 is 0. The van der Waals surface area contributed by atoms with Crippen molar-refractivity contribution in [2.45, 2.75) is 105 Å². The van der Waals surface area contributed by atoms with Crippen LogP contribution in [0.15, 0.2) is 60.7 Å². The lowest BCUT2D eigenvalue weighted by molar-refractivity contribution is 0.0331. The number of phosphoric acid groups is 3. The van der Waals surface area contributed by atoms with Crippen molar-refractivity contribution in [1.29, 1.82) is 0 Å². The highest BCUT2D eigenvalue weighted by atomic mass is 31.2. The van der Waals surface area contributed by atoms with Gasteiger partial charge in [0.1, 0.15) is 11.5 Å². The molecule has 0 aliphatic heterocycles. The van der Waals surface area contributed by atoms with E-state index in [1.54, 1.807) is 24.3 Å². The van der Waals surface area contributed by atoms with E-state index in [0.717, 1.165) is 51.4 Å². The first-order valence-corrected chi connectivity index (χ1v) is 24.2. The number of phosphoric ester groups is 2. The molecule has 326 valence electrons. The molecule has 18 heteroatoms. The fourth-order valence-corrected chi connectivity index (χ4v) is 6.51. The van der Waals surface area contributed by atoms with Crippen molar-refractivity contribution in [3.05, 3.63) is 60.7 Å². The monoisotopic (exact) mass is 858 g/mol. The maximum Gasteiger partial charge on any atom is 0.587 e. The zero-order valence-corrected chi connectivity index (χ0v) is 36.6. The van der Waals surface area contributed by atoms with Crippen LogP contribution in [0.1, 0.15) is 105 Å². The molecule has 0 bridgehead atoms. The summed E-state index contributed by atoms with van der Waals surface area (Å²) in [6.07, 6.45) is 13.0. The molecule has 2 aromatic rings. The standard InChI is InChI=1S/C20H27O4P.C18H39O7P.H3O4P/c1-2-3-4-5-6-13-18-22-25(21,23-19-14-9-7-10-15-19)24-20-16-11-8-12-17-20;1-4-7-10-20-13-16-23-26(19,24-17-14-21-11-8-5-2)25-18-15-22-12-9-6-3;1-5(2,3)4/h7-12,14-17H,2-6,13,18H2,1H3;4-18H2,1-3H3;(H3,1,2,3,4). The Morgan fingerprint density at radius 2 is 0.714 bits per heavy atom. The van der Waals surface area contributed by atoms with Crippen molar-refractivity contribution >= 4 is 23.5 Å². The Labute approximate surface area is 335 Å². The third-order valence-corrected chi connectivity index (χ3v) is 9.89. The predicted molar refractivity (Wildman–Crippen MR) is 218 cm³/mol. The summed E-state index contributed by atoms with van der Waals surface area (Å²) < 4.78 is 83.5. The quantitative estimate of drug-likeness (QED) is 0.0453. The second-order valence-corrected chi connectivity index (χ2v) is 16.4. The van der Waals surface area contributed by atoms with Crippen LogP contribution >= 0.6 is 23.5 Å². The van der Waals surface area contributed by atoms with Crippen LogP contribution in [0.5, 0.6) is 11.5 Å². The van der Waals surface area contributed by atoms with E-state index in [-0.39, 0.29) is 19.8 Å². The number of hydrogen-bond acceptors (Lipinski definition) is 12. The molecule has 0 amide bonds. The summed E-state index contributed by atoms with van der Waals surface area (Å²) in [5.41, 5.74) is 0. The third-order valence-electron chi connectivity index (χ3n) is 7.03. The van der Waals surface area contributed by atoms with E-state index in [4.69, 9.17) is 60.6 Å². The van der Waals surface area contributed by atoms with Crippen LogP contribution in [0.3, 0.4) is 0 Å². The van der Waals surface area contributed by atoms with Gasteiger partial charge < -0.3 is 37.9 Å². The first-order valence-electron chi connectivity index (χ1n) is 19.7. The topological polar surface area (TPSA) is 195 Å². The second kappa shape index (κ2) is 36.4. The summed E-state index contributed by atoms with van der Waals surface area (Å²) in [6.45, 7) is 12.4. The highest BCUT2D eigenvalue weighted by Crippen LogP contribution is 2.50. The van der Waals surface area contributed by atoms with Gasteiger partial charge in [0, 0.05) is 19.8 Å². The van der Waals surface area contributed by atoms with Crippen molar-refractivity contribution in [2.24, 2.45) is 0 Å². The van der Waals surface area contributed by atoms with Gasteiger partial charge in [-0.05, 0) is 49.9 Å². The Kier molecular flexibility index (Phi) is 35.3. The second-order valence-electron chi connectivity index (χ2n) is 12.2. The Morgan fingerprint density at radius 1 is 0.393 bits per heavy atom. The molecule has 2 rings (SSSR count). The summed E-state index contributed by atoms with van der Waals surface area (Å²) in [7, 11) is -12.0. The maximum atomic E-state index is 13.0. The minimum Gasteiger partial charge on any atom is -0.395 e. The van der Waals surface area contributed by atoms with Crippen molar-refractivity contribution in [3.63, 3.8) is 0 Å². The van der Waals surface area contributed by atoms with Gasteiger partial charge in [0.05, 0.1) is 46.2 Å². The molecule has 15 nitrogen and oxygen atoms in total. The Morgan fingerprint density at radius 3 is 1.07 bits per heavy atom. The molecule has 0 aromatic heterocycles. The van der Waals surface area contributed by atoms with Crippen LogP contribution in [0.4, 0.5) is 0 Å². The molecule has 56 heavy (non-hydrogen) atoms. The molecule has 0 radical (unpaired) electrons. The molecular formula is C38H69O15P3. The summed E-state index contributed by atoms with van der Waals surface area (Å²) in [4.78, 5) is 21.6. The van der Waals surface area contributed by atoms with E-state index >= 15 is 0 Å². The van der Waals surface area contributed by atoms with Crippen LogP contribution in [-0.4, -0.2) is 80.7 Å². The van der Waals surface area contributed by atoms with Gasteiger partial charge >= 0.3 is 23.5 Å². The highest BCUT2D eigenvalue weighted by Gasteiger charge is 2.30. The number of ether oxygens (including phenoxy) is 3. The van der Waals surface area contributed by atoms with Gasteiger partial charge in [-0.2, -0.15) is 0 Å². The van der Waals surface area contributed by atoms with E-state index in [1.807, 2.05) is 36.4 Å². The molecule has 2 aromatic carbocycles. The number of rotatable bonds is 33. The van der Waals surface area contributed by atoms with Gasteiger partial charge in [0.25, 0.3) is 0 Å².